The molecule has 0 atom stereocenters. The number of carbonyl (C=O) groups is 1. The molecule has 1 aliphatic heterocycles. The van der Waals surface area contributed by atoms with Gasteiger partial charge in [-0.3, -0.25) is 19.4 Å². The van der Waals surface area contributed by atoms with Crippen molar-refractivity contribution in [1.29, 1.82) is 0 Å². The monoisotopic (exact) mass is 394 g/mol. The van der Waals surface area contributed by atoms with Crippen molar-refractivity contribution in [2.24, 2.45) is 0 Å². The number of rotatable bonds is 5. The average Bonchev–Trinajstić information content (AvgIpc) is 2.79. The molecule has 8 nitrogen and oxygen atoms in total. The number of benzene rings is 2. The van der Waals surface area contributed by atoms with E-state index >= 15 is 0 Å². The normalized spacial score (nSPS) is 14.2. The molecule has 0 radical (unpaired) electrons. The van der Waals surface area contributed by atoms with Crippen LogP contribution in [0.25, 0.3) is 10.9 Å². The third-order valence-corrected chi connectivity index (χ3v) is 5.12. The number of amides is 1. The molecule has 4 rings (SSSR count). The van der Waals surface area contributed by atoms with Crippen LogP contribution in [0.3, 0.4) is 0 Å². The van der Waals surface area contributed by atoms with Crippen LogP contribution in [0.1, 0.15) is 15.9 Å². The summed E-state index contributed by atoms with van der Waals surface area (Å²) < 4.78 is 6.96. The third-order valence-electron chi connectivity index (χ3n) is 5.12. The first-order valence-corrected chi connectivity index (χ1v) is 9.51. The number of ether oxygens (including phenoxy) is 1. The largest absolute Gasteiger partial charge is 0.378 e. The smallest absolute Gasteiger partial charge is 0.274 e. The highest BCUT2D eigenvalue weighted by molar-refractivity contribution is 5.97. The number of morpholine rings is 1. The number of carbonyl (C=O) groups excluding carboxylic acids is 1. The van der Waals surface area contributed by atoms with Crippen molar-refractivity contribution >= 4 is 22.5 Å². The summed E-state index contributed by atoms with van der Waals surface area (Å²) in [5, 5.41) is 9.15. The van der Waals surface area contributed by atoms with Crippen molar-refractivity contribution in [3.8, 4) is 0 Å². The van der Waals surface area contributed by atoms with E-state index in [1.165, 1.54) is 18.5 Å². The molecule has 1 amide bonds. The van der Waals surface area contributed by atoms with E-state index in [-0.39, 0.29) is 11.1 Å². The number of anilines is 1. The van der Waals surface area contributed by atoms with E-state index in [2.05, 4.69) is 22.0 Å². The maximum atomic E-state index is 12.8. The van der Waals surface area contributed by atoms with Crippen molar-refractivity contribution in [2.75, 3.05) is 31.2 Å². The van der Waals surface area contributed by atoms with Gasteiger partial charge in [0.2, 0.25) is 0 Å². The Morgan fingerprint density at radius 1 is 1.17 bits per heavy atom. The Bertz CT molecular complexity index is 1090. The van der Waals surface area contributed by atoms with Gasteiger partial charge in [-0.05, 0) is 42.3 Å². The fourth-order valence-electron chi connectivity index (χ4n) is 3.50. The van der Waals surface area contributed by atoms with Crippen LogP contribution in [0, 0.1) is 0 Å². The van der Waals surface area contributed by atoms with E-state index in [1.807, 2.05) is 12.1 Å². The van der Waals surface area contributed by atoms with Crippen LogP contribution in [-0.2, 0) is 17.7 Å². The minimum absolute atomic E-state index is 0.204. The molecule has 0 bridgehead atoms. The van der Waals surface area contributed by atoms with Gasteiger partial charge in [0.1, 0.15) is 0 Å². The topological polar surface area (TPSA) is 96.7 Å². The molecule has 3 aromatic rings. The first-order valence-electron chi connectivity index (χ1n) is 9.51. The number of nitrogens with one attached hydrogen (secondary N) is 1. The molecule has 2 aromatic carbocycles. The van der Waals surface area contributed by atoms with Crippen molar-refractivity contribution in [3.63, 3.8) is 0 Å². The van der Waals surface area contributed by atoms with Crippen LogP contribution in [0.5, 0.6) is 0 Å². The SMILES string of the molecule is O=C(NO)c1ccc2ncn(CCc3cccc(N4CCOCC4)c3)c(=O)c2c1. The summed E-state index contributed by atoms with van der Waals surface area (Å²) in [6.45, 7) is 3.70. The maximum absolute atomic E-state index is 12.8. The zero-order chi connectivity index (χ0) is 20.2. The number of aryl methyl sites for hydroxylation is 2. The first kappa shape index (κ1) is 19.1. The Morgan fingerprint density at radius 3 is 2.79 bits per heavy atom. The van der Waals surface area contributed by atoms with Gasteiger partial charge in [0.05, 0.1) is 30.4 Å². The van der Waals surface area contributed by atoms with Gasteiger partial charge in [-0.1, -0.05) is 12.1 Å². The second-order valence-corrected chi connectivity index (χ2v) is 6.94. The van der Waals surface area contributed by atoms with Gasteiger partial charge in [0.15, 0.2) is 0 Å². The zero-order valence-electron chi connectivity index (χ0n) is 15.9. The van der Waals surface area contributed by atoms with E-state index in [0.29, 0.717) is 23.9 Å². The first-order chi connectivity index (χ1) is 14.2. The molecule has 8 heteroatoms. The number of hydroxylamine groups is 1. The number of hydrogen-bond donors (Lipinski definition) is 2. The molecule has 2 N–H and O–H groups in total. The van der Waals surface area contributed by atoms with E-state index in [9.17, 15) is 9.59 Å². The van der Waals surface area contributed by atoms with Crippen molar-refractivity contribution < 1.29 is 14.7 Å². The van der Waals surface area contributed by atoms with Gasteiger partial charge in [0, 0.05) is 30.9 Å². The van der Waals surface area contributed by atoms with Crippen LogP contribution in [0.4, 0.5) is 5.69 Å². The van der Waals surface area contributed by atoms with E-state index in [1.54, 1.807) is 16.1 Å². The Kier molecular flexibility index (Phi) is 5.55. The molecule has 1 fully saturated rings. The zero-order valence-corrected chi connectivity index (χ0v) is 15.9. The van der Waals surface area contributed by atoms with E-state index in [0.717, 1.165) is 37.6 Å². The van der Waals surface area contributed by atoms with Crippen molar-refractivity contribution in [1.82, 2.24) is 15.0 Å². The van der Waals surface area contributed by atoms with Gasteiger partial charge in [0.25, 0.3) is 11.5 Å². The van der Waals surface area contributed by atoms with Crippen molar-refractivity contribution in [2.45, 2.75) is 13.0 Å². The Morgan fingerprint density at radius 2 is 2.00 bits per heavy atom. The van der Waals surface area contributed by atoms with Gasteiger partial charge in [-0.15, -0.1) is 0 Å². The highest BCUT2D eigenvalue weighted by Gasteiger charge is 2.12. The van der Waals surface area contributed by atoms with E-state index < -0.39 is 5.91 Å². The molecule has 1 saturated heterocycles. The third kappa shape index (κ3) is 4.13. The van der Waals surface area contributed by atoms with Gasteiger partial charge in [-0.25, -0.2) is 10.5 Å². The standard InChI is InChI=1S/C21H22N4O4/c26-20(23-28)16-4-5-19-18(13-16)21(27)25(14-22-19)7-6-15-2-1-3-17(12-15)24-8-10-29-11-9-24/h1-5,12-14,28H,6-11H2,(H,23,26). The molecular weight excluding hydrogens is 372 g/mol. The van der Waals surface area contributed by atoms with Crippen LogP contribution in [0.15, 0.2) is 53.6 Å². The van der Waals surface area contributed by atoms with Gasteiger partial charge >= 0.3 is 0 Å². The van der Waals surface area contributed by atoms with Crippen LogP contribution in [0.2, 0.25) is 0 Å². The Balaban J connectivity index is 1.54. The van der Waals surface area contributed by atoms with E-state index in [4.69, 9.17) is 9.94 Å². The molecule has 0 aliphatic carbocycles. The fraction of sp³-hybridized carbons (Fsp3) is 0.286. The minimum atomic E-state index is -0.665. The van der Waals surface area contributed by atoms with Crippen LogP contribution >= 0.6 is 0 Å². The Hall–Kier alpha value is -3.23. The Labute approximate surface area is 167 Å². The van der Waals surface area contributed by atoms with Crippen LogP contribution < -0.4 is 15.9 Å². The summed E-state index contributed by atoms with van der Waals surface area (Å²) in [4.78, 5) is 31.1. The summed E-state index contributed by atoms with van der Waals surface area (Å²) in [7, 11) is 0. The molecule has 0 unspecified atom stereocenters. The molecule has 2 heterocycles. The number of nitrogens with zero attached hydrogens (tertiary/aromatic N) is 3. The summed E-state index contributed by atoms with van der Waals surface area (Å²) in [5.74, 6) is -0.665. The van der Waals surface area contributed by atoms with Crippen LogP contribution in [-0.4, -0.2) is 47.0 Å². The number of fused-ring (bicyclic) bond motifs is 1. The second-order valence-electron chi connectivity index (χ2n) is 6.94. The lowest BCUT2D eigenvalue weighted by atomic mass is 10.1. The fourth-order valence-corrected chi connectivity index (χ4v) is 3.50. The predicted octanol–water partition coefficient (Wildman–Crippen LogP) is 1.59. The summed E-state index contributed by atoms with van der Waals surface area (Å²) in [6.07, 6.45) is 2.21. The highest BCUT2D eigenvalue weighted by Crippen LogP contribution is 2.18. The highest BCUT2D eigenvalue weighted by atomic mass is 16.5. The molecule has 1 aromatic heterocycles. The van der Waals surface area contributed by atoms with Crippen molar-refractivity contribution in [3.05, 3.63) is 70.3 Å². The lowest BCUT2D eigenvalue weighted by Crippen LogP contribution is -2.36. The number of aromatic nitrogens is 2. The summed E-state index contributed by atoms with van der Waals surface area (Å²) in [5.41, 5.74) is 4.37. The molecule has 0 spiro atoms. The summed E-state index contributed by atoms with van der Waals surface area (Å²) >= 11 is 0. The maximum Gasteiger partial charge on any atom is 0.274 e. The molecule has 1 aliphatic rings. The predicted molar refractivity (Wildman–Crippen MR) is 108 cm³/mol. The summed E-state index contributed by atoms with van der Waals surface area (Å²) in [6, 6.07) is 12.9. The lowest BCUT2D eigenvalue weighted by molar-refractivity contribution is 0.0706. The van der Waals surface area contributed by atoms with Gasteiger partial charge in [-0.2, -0.15) is 0 Å². The molecular formula is C21H22N4O4. The minimum Gasteiger partial charge on any atom is -0.378 e. The molecule has 29 heavy (non-hydrogen) atoms. The quantitative estimate of drug-likeness (QED) is 0.504. The number of hydrogen-bond acceptors (Lipinski definition) is 6. The molecule has 0 saturated carbocycles. The second kappa shape index (κ2) is 8.42. The average molecular weight is 394 g/mol. The molecule has 150 valence electrons. The van der Waals surface area contributed by atoms with Gasteiger partial charge < -0.3 is 9.64 Å². The lowest BCUT2D eigenvalue weighted by Gasteiger charge is -2.29.